The lowest BCUT2D eigenvalue weighted by Gasteiger charge is -2.20. The number of hydrogen-bond acceptors (Lipinski definition) is 4. The first-order valence-corrected chi connectivity index (χ1v) is 11.4. The summed E-state index contributed by atoms with van der Waals surface area (Å²) < 4.78 is 10.2. The molecule has 2 aromatic rings. The zero-order chi connectivity index (χ0) is 23.8. The van der Waals surface area contributed by atoms with Crippen molar-refractivity contribution in [1.29, 1.82) is 0 Å². The minimum atomic E-state index is -0.144. The Bertz CT molecular complexity index is 963. The normalized spacial score (nSPS) is 14.5. The summed E-state index contributed by atoms with van der Waals surface area (Å²) in [6, 6.07) is 2.05. The topological polar surface area (TPSA) is 72.1 Å². The Morgan fingerprint density at radius 1 is 1.34 bits per heavy atom. The molecule has 1 amide bonds. The number of nitrogens with one attached hydrogen (secondary N) is 2. The number of fused-ring (bicyclic) bond motifs is 1. The van der Waals surface area contributed by atoms with E-state index in [1.54, 1.807) is 11.7 Å². The molecule has 0 radical (unpaired) electrons. The summed E-state index contributed by atoms with van der Waals surface area (Å²) >= 11 is 0. The molecule has 7 nitrogen and oxygen atoms in total. The van der Waals surface area contributed by atoms with Gasteiger partial charge in [-0.1, -0.05) is 32.6 Å². The van der Waals surface area contributed by atoms with Crippen molar-refractivity contribution in [2.45, 2.75) is 46.1 Å². The fourth-order valence-corrected chi connectivity index (χ4v) is 3.63. The van der Waals surface area contributed by atoms with E-state index in [1.165, 1.54) is 0 Å². The molecule has 7 heteroatoms. The Morgan fingerprint density at radius 3 is 2.72 bits per heavy atom. The predicted octanol–water partition coefficient (Wildman–Crippen LogP) is 3.14. The Kier molecular flexibility index (Phi) is 9.44. The van der Waals surface area contributed by atoms with E-state index in [9.17, 15) is 4.79 Å². The molecular formula is C25H40N5O2+. The van der Waals surface area contributed by atoms with Gasteiger partial charge in [0.05, 0.1) is 0 Å². The van der Waals surface area contributed by atoms with Crippen LogP contribution in [0.15, 0.2) is 31.0 Å². The average Bonchev–Trinajstić information content (AvgIpc) is 3.13. The van der Waals surface area contributed by atoms with E-state index in [-0.39, 0.29) is 17.9 Å². The van der Waals surface area contributed by atoms with Gasteiger partial charge in [0.1, 0.15) is 24.1 Å². The third-order valence-electron chi connectivity index (χ3n) is 5.99. The molecular weight excluding hydrogens is 402 g/mol. The number of allylic oxidation sites excluding steroid dienone is 3. The first-order valence-electron chi connectivity index (χ1n) is 11.4. The quantitative estimate of drug-likeness (QED) is 0.391. The molecule has 2 aromatic heterocycles. The van der Waals surface area contributed by atoms with E-state index in [0.29, 0.717) is 12.3 Å². The van der Waals surface area contributed by atoms with Crippen LogP contribution in [0, 0.1) is 11.8 Å². The minimum Gasteiger partial charge on any atom is -0.441 e. The van der Waals surface area contributed by atoms with E-state index in [1.807, 2.05) is 45.8 Å². The second kappa shape index (κ2) is 11.8. The predicted molar refractivity (Wildman–Crippen MR) is 130 cm³/mol. The van der Waals surface area contributed by atoms with Crippen LogP contribution in [0.5, 0.6) is 5.88 Å². The highest BCUT2D eigenvalue weighted by molar-refractivity contribution is 5.85. The number of amides is 1. The van der Waals surface area contributed by atoms with Crippen molar-refractivity contribution >= 4 is 22.4 Å². The van der Waals surface area contributed by atoms with Gasteiger partial charge in [-0.15, -0.1) is 0 Å². The van der Waals surface area contributed by atoms with Gasteiger partial charge in [0, 0.05) is 44.3 Å². The van der Waals surface area contributed by atoms with Gasteiger partial charge in [-0.2, -0.15) is 9.67 Å². The number of carbonyl (C=O) groups excluding carboxylic acids is 1. The maximum atomic E-state index is 11.8. The maximum Gasteiger partial charge on any atom is 0.379 e. The molecule has 0 saturated carbocycles. The number of pyridine rings is 1. The number of aryl methyl sites for hydroxylation is 1. The summed E-state index contributed by atoms with van der Waals surface area (Å²) in [5.41, 5.74) is 2.73. The lowest BCUT2D eigenvalue weighted by molar-refractivity contribution is -0.678. The zero-order valence-corrected chi connectivity index (χ0v) is 20.7. The second-order valence-corrected chi connectivity index (χ2v) is 8.83. The highest BCUT2D eigenvalue weighted by Gasteiger charge is 2.27. The Morgan fingerprint density at radius 2 is 2.06 bits per heavy atom. The van der Waals surface area contributed by atoms with Crippen LogP contribution in [-0.4, -0.2) is 42.4 Å². The monoisotopic (exact) mass is 442 g/mol. The molecule has 3 atom stereocenters. The number of aromatic nitrogens is 3. The van der Waals surface area contributed by atoms with Gasteiger partial charge in [-0.3, -0.25) is 9.48 Å². The third kappa shape index (κ3) is 6.66. The Labute approximate surface area is 192 Å². The van der Waals surface area contributed by atoms with Gasteiger partial charge >= 0.3 is 5.88 Å². The van der Waals surface area contributed by atoms with E-state index >= 15 is 0 Å². The maximum absolute atomic E-state index is 11.8. The third-order valence-corrected chi connectivity index (χ3v) is 5.99. The van der Waals surface area contributed by atoms with Gasteiger partial charge in [0.15, 0.2) is 0 Å². The number of carbonyl (C=O) groups is 1. The molecule has 0 fully saturated rings. The highest BCUT2D eigenvalue weighted by atomic mass is 16.5. The van der Waals surface area contributed by atoms with Crippen LogP contribution in [-0.2, 0) is 18.9 Å². The summed E-state index contributed by atoms with van der Waals surface area (Å²) in [4.78, 5) is 11.8. The summed E-state index contributed by atoms with van der Waals surface area (Å²) in [6.07, 6.45) is 8.67. The molecule has 0 spiro atoms. The van der Waals surface area contributed by atoms with Crippen molar-refractivity contribution in [2.75, 3.05) is 20.6 Å². The molecule has 2 N–H and O–H groups in total. The van der Waals surface area contributed by atoms with E-state index in [2.05, 4.69) is 47.5 Å². The van der Waals surface area contributed by atoms with Gasteiger partial charge in [-0.05, 0) is 39.3 Å². The second-order valence-electron chi connectivity index (χ2n) is 8.83. The first-order chi connectivity index (χ1) is 15.2. The minimum absolute atomic E-state index is 0.0139. The molecule has 0 aliphatic rings. The van der Waals surface area contributed by atoms with Crippen molar-refractivity contribution in [1.82, 2.24) is 20.4 Å². The van der Waals surface area contributed by atoms with Crippen LogP contribution in [0.2, 0.25) is 0 Å². The van der Waals surface area contributed by atoms with E-state index in [4.69, 9.17) is 4.74 Å². The van der Waals surface area contributed by atoms with Gasteiger partial charge < -0.3 is 15.4 Å². The SMILES string of the molecule is C=C(C=CCC(C)CCNC)c1cc2nn(C)cc2c(OC(C)C(C)CC(=O)NC)[n+]1C. The lowest BCUT2D eigenvalue weighted by Crippen LogP contribution is -2.38. The molecule has 0 aromatic carbocycles. The van der Waals surface area contributed by atoms with Crippen molar-refractivity contribution in [3.8, 4) is 5.88 Å². The summed E-state index contributed by atoms with van der Waals surface area (Å²) in [7, 11) is 7.53. The summed E-state index contributed by atoms with van der Waals surface area (Å²) in [6.45, 7) is 11.6. The van der Waals surface area contributed by atoms with Crippen LogP contribution in [0.3, 0.4) is 0 Å². The van der Waals surface area contributed by atoms with Crippen LogP contribution in [0.25, 0.3) is 16.5 Å². The number of rotatable bonds is 12. The first kappa shape index (κ1) is 25.6. The smallest absolute Gasteiger partial charge is 0.379 e. The molecule has 3 unspecified atom stereocenters. The molecule has 32 heavy (non-hydrogen) atoms. The van der Waals surface area contributed by atoms with Gasteiger partial charge in [0.2, 0.25) is 11.6 Å². The van der Waals surface area contributed by atoms with Crippen LogP contribution in [0.1, 0.15) is 45.7 Å². The van der Waals surface area contributed by atoms with Crippen molar-refractivity contribution in [2.24, 2.45) is 25.9 Å². The molecule has 0 saturated heterocycles. The largest absolute Gasteiger partial charge is 0.441 e. The van der Waals surface area contributed by atoms with E-state index < -0.39 is 0 Å². The molecule has 2 rings (SSSR count). The number of ether oxygens (including phenoxy) is 1. The van der Waals surface area contributed by atoms with Crippen LogP contribution in [0.4, 0.5) is 0 Å². The van der Waals surface area contributed by atoms with Crippen molar-refractivity contribution in [3.63, 3.8) is 0 Å². The Hall–Kier alpha value is -2.67. The van der Waals surface area contributed by atoms with Gasteiger partial charge in [-0.25, -0.2) is 0 Å². The fourth-order valence-electron chi connectivity index (χ4n) is 3.63. The van der Waals surface area contributed by atoms with E-state index in [0.717, 1.165) is 47.4 Å². The summed E-state index contributed by atoms with van der Waals surface area (Å²) in [5.74, 6) is 1.42. The zero-order valence-electron chi connectivity index (χ0n) is 20.7. The highest BCUT2D eigenvalue weighted by Crippen LogP contribution is 2.27. The summed E-state index contributed by atoms with van der Waals surface area (Å²) in [5, 5.41) is 11.4. The molecule has 176 valence electrons. The lowest BCUT2D eigenvalue weighted by atomic mass is 10.0. The van der Waals surface area contributed by atoms with Crippen molar-refractivity contribution in [3.05, 3.63) is 36.7 Å². The van der Waals surface area contributed by atoms with Crippen LogP contribution >= 0.6 is 0 Å². The molecule has 2 heterocycles. The number of hydrogen-bond donors (Lipinski definition) is 2. The van der Waals surface area contributed by atoms with Crippen LogP contribution < -0.4 is 19.9 Å². The fraction of sp³-hybridized carbons (Fsp3) is 0.560. The molecule has 0 aliphatic carbocycles. The average molecular weight is 443 g/mol. The standard InChI is InChI=1S/C25H39N5O2/c1-17(12-13-26-5)10-9-11-18(2)23-15-22-21(16-29(7)28-22)25(30(23)8)32-20(4)19(3)14-24(31)27-6/h9,11,15-17,19-20,26H,2,10,12-14H2,1,3-8H3/p+1. The molecule has 0 bridgehead atoms. The molecule has 0 aliphatic heterocycles. The number of nitrogens with zero attached hydrogens (tertiary/aromatic N) is 3. The van der Waals surface area contributed by atoms with Crippen molar-refractivity contribution < 1.29 is 14.1 Å². The Balaban J connectivity index is 2.29. The van der Waals surface area contributed by atoms with Gasteiger partial charge in [0.25, 0.3) is 0 Å².